The Morgan fingerprint density at radius 2 is 1.79 bits per heavy atom. The van der Waals surface area contributed by atoms with Crippen LogP contribution in [0, 0.1) is 10.1 Å². The standard InChI is InChI=1S/C18H22N2O4/c1-13(11-14-3-7-16(8-4-14)20(22)23)19-12-18(21)15-5-9-17(24-2)10-6-15/h3-10,13,18-19,21H,11-12H2,1-2H3. The molecule has 0 aliphatic carbocycles. The molecule has 24 heavy (non-hydrogen) atoms. The van der Waals surface area contributed by atoms with Crippen LogP contribution >= 0.6 is 0 Å². The molecule has 0 spiro atoms. The number of rotatable bonds is 8. The van der Waals surface area contributed by atoms with Crippen molar-refractivity contribution in [3.8, 4) is 5.75 Å². The summed E-state index contributed by atoms with van der Waals surface area (Å²) in [7, 11) is 1.60. The fraction of sp³-hybridized carbons (Fsp3) is 0.333. The Bertz CT molecular complexity index is 656. The van der Waals surface area contributed by atoms with Gasteiger partial charge in [0.05, 0.1) is 18.1 Å². The van der Waals surface area contributed by atoms with Crippen molar-refractivity contribution in [1.82, 2.24) is 5.32 Å². The lowest BCUT2D eigenvalue weighted by molar-refractivity contribution is -0.384. The van der Waals surface area contributed by atoms with Gasteiger partial charge in [-0.2, -0.15) is 0 Å². The number of benzene rings is 2. The van der Waals surface area contributed by atoms with Crippen molar-refractivity contribution >= 4 is 5.69 Å². The second-order valence-corrected chi connectivity index (χ2v) is 5.73. The number of nitrogens with one attached hydrogen (secondary N) is 1. The lowest BCUT2D eigenvalue weighted by Crippen LogP contribution is -2.32. The molecule has 2 rings (SSSR count). The van der Waals surface area contributed by atoms with Crippen LogP contribution in [0.1, 0.15) is 24.2 Å². The van der Waals surface area contributed by atoms with E-state index in [4.69, 9.17) is 4.74 Å². The van der Waals surface area contributed by atoms with E-state index in [0.29, 0.717) is 6.54 Å². The molecule has 2 unspecified atom stereocenters. The summed E-state index contributed by atoms with van der Waals surface area (Å²) >= 11 is 0. The molecule has 6 nitrogen and oxygen atoms in total. The lowest BCUT2D eigenvalue weighted by Gasteiger charge is -2.17. The number of nitro benzene ring substituents is 1. The lowest BCUT2D eigenvalue weighted by atomic mass is 10.1. The Labute approximate surface area is 141 Å². The number of ether oxygens (including phenoxy) is 1. The minimum absolute atomic E-state index is 0.0919. The molecule has 2 N–H and O–H groups in total. The van der Waals surface area contributed by atoms with Gasteiger partial charge in [0, 0.05) is 24.7 Å². The summed E-state index contributed by atoms with van der Waals surface area (Å²) in [5.41, 5.74) is 1.93. The molecule has 0 aromatic heterocycles. The number of nitro groups is 1. The topological polar surface area (TPSA) is 84.6 Å². The van der Waals surface area contributed by atoms with Gasteiger partial charge >= 0.3 is 0 Å². The highest BCUT2D eigenvalue weighted by atomic mass is 16.6. The fourth-order valence-electron chi connectivity index (χ4n) is 2.44. The van der Waals surface area contributed by atoms with E-state index in [1.807, 2.05) is 31.2 Å². The number of hydrogen-bond donors (Lipinski definition) is 2. The zero-order valence-electron chi connectivity index (χ0n) is 13.8. The molecule has 6 heteroatoms. The molecular weight excluding hydrogens is 308 g/mol. The van der Waals surface area contributed by atoms with Gasteiger partial charge in [-0.15, -0.1) is 0 Å². The van der Waals surface area contributed by atoms with E-state index in [-0.39, 0.29) is 11.7 Å². The van der Waals surface area contributed by atoms with E-state index in [9.17, 15) is 15.2 Å². The third-order valence-electron chi connectivity index (χ3n) is 3.85. The van der Waals surface area contributed by atoms with Crippen LogP contribution in [0.4, 0.5) is 5.69 Å². The summed E-state index contributed by atoms with van der Waals surface area (Å²) in [5, 5.41) is 24.1. The Kier molecular flexibility index (Phi) is 6.28. The van der Waals surface area contributed by atoms with E-state index in [2.05, 4.69) is 5.32 Å². The first-order valence-corrected chi connectivity index (χ1v) is 7.78. The van der Waals surface area contributed by atoms with Gasteiger partial charge in [-0.25, -0.2) is 0 Å². The number of non-ortho nitro benzene ring substituents is 1. The molecular formula is C18H22N2O4. The van der Waals surface area contributed by atoms with Gasteiger partial charge in [0.15, 0.2) is 0 Å². The van der Waals surface area contributed by atoms with Crippen LogP contribution in [0.3, 0.4) is 0 Å². The first-order valence-electron chi connectivity index (χ1n) is 7.78. The number of aliphatic hydroxyl groups excluding tert-OH is 1. The van der Waals surface area contributed by atoms with Crippen molar-refractivity contribution in [2.75, 3.05) is 13.7 Å². The average Bonchev–Trinajstić information content (AvgIpc) is 2.60. The third kappa shape index (κ3) is 5.04. The van der Waals surface area contributed by atoms with Gasteiger partial charge < -0.3 is 15.2 Å². The first kappa shape index (κ1) is 17.9. The number of aliphatic hydroxyl groups is 1. The van der Waals surface area contributed by atoms with Gasteiger partial charge in [-0.1, -0.05) is 24.3 Å². The quantitative estimate of drug-likeness (QED) is 0.574. The monoisotopic (exact) mass is 330 g/mol. The molecule has 2 atom stereocenters. The van der Waals surface area contributed by atoms with E-state index in [1.165, 1.54) is 12.1 Å². The van der Waals surface area contributed by atoms with Crippen LogP contribution < -0.4 is 10.1 Å². The average molecular weight is 330 g/mol. The van der Waals surface area contributed by atoms with E-state index in [0.717, 1.165) is 23.3 Å². The minimum atomic E-state index is -0.602. The highest BCUT2D eigenvalue weighted by molar-refractivity contribution is 5.33. The Hall–Kier alpha value is -2.44. The Morgan fingerprint density at radius 1 is 1.17 bits per heavy atom. The molecule has 2 aromatic carbocycles. The van der Waals surface area contributed by atoms with Crippen molar-refractivity contribution in [3.05, 3.63) is 69.8 Å². The zero-order valence-corrected chi connectivity index (χ0v) is 13.8. The van der Waals surface area contributed by atoms with Crippen LogP contribution in [-0.4, -0.2) is 29.7 Å². The van der Waals surface area contributed by atoms with Crippen LogP contribution in [0.2, 0.25) is 0 Å². The molecule has 0 heterocycles. The minimum Gasteiger partial charge on any atom is -0.497 e. The summed E-state index contributed by atoms with van der Waals surface area (Å²) in [5.74, 6) is 0.755. The molecule has 0 saturated heterocycles. The third-order valence-corrected chi connectivity index (χ3v) is 3.85. The molecule has 0 aliphatic rings. The van der Waals surface area contributed by atoms with Crippen LogP contribution in [0.15, 0.2) is 48.5 Å². The molecule has 0 aliphatic heterocycles. The zero-order chi connectivity index (χ0) is 17.5. The normalized spacial score (nSPS) is 13.3. The van der Waals surface area contributed by atoms with E-state index in [1.54, 1.807) is 19.2 Å². The molecule has 0 bridgehead atoms. The summed E-state index contributed by atoms with van der Waals surface area (Å²) in [6, 6.07) is 14.0. The highest BCUT2D eigenvalue weighted by Crippen LogP contribution is 2.17. The summed E-state index contributed by atoms with van der Waals surface area (Å²) in [6.45, 7) is 2.45. The SMILES string of the molecule is COc1ccc(C(O)CNC(C)Cc2ccc([N+](=O)[O-])cc2)cc1. The number of nitrogens with zero attached hydrogens (tertiary/aromatic N) is 1. The second-order valence-electron chi connectivity index (χ2n) is 5.73. The van der Waals surface area contributed by atoms with E-state index < -0.39 is 11.0 Å². The molecule has 0 fully saturated rings. The van der Waals surface area contributed by atoms with E-state index >= 15 is 0 Å². The Balaban J connectivity index is 1.83. The van der Waals surface area contributed by atoms with Gasteiger partial charge in [0.2, 0.25) is 0 Å². The van der Waals surface area contributed by atoms with Gasteiger partial charge in [0.1, 0.15) is 5.75 Å². The van der Waals surface area contributed by atoms with Crippen molar-refractivity contribution in [2.24, 2.45) is 0 Å². The van der Waals surface area contributed by atoms with Crippen molar-refractivity contribution in [3.63, 3.8) is 0 Å². The van der Waals surface area contributed by atoms with Gasteiger partial charge in [-0.3, -0.25) is 10.1 Å². The Morgan fingerprint density at radius 3 is 2.33 bits per heavy atom. The largest absolute Gasteiger partial charge is 0.497 e. The smallest absolute Gasteiger partial charge is 0.269 e. The summed E-state index contributed by atoms with van der Waals surface area (Å²) < 4.78 is 5.10. The second kappa shape index (κ2) is 8.42. The maximum absolute atomic E-state index is 10.6. The van der Waals surface area contributed by atoms with Crippen LogP contribution in [0.5, 0.6) is 5.75 Å². The highest BCUT2D eigenvalue weighted by Gasteiger charge is 2.11. The molecule has 128 valence electrons. The number of methoxy groups -OCH3 is 1. The summed E-state index contributed by atoms with van der Waals surface area (Å²) in [6.07, 6.45) is 0.128. The molecule has 0 amide bonds. The fourth-order valence-corrected chi connectivity index (χ4v) is 2.44. The molecule has 0 saturated carbocycles. The first-order chi connectivity index (χ1) is 11.5. The van der Waals surface area contributed by atoms with Crippen molar-refractivity contribution < 1.29 is 14.8 Å². The molecule has 0 radical (unpaired) electrons. The maximum atomic E-state index is 10.6. The van der Waals surface area contributed by atoms with Crippen molar-refractivity contribution in [1.29, 1.82) is 0 Å². The van der Waals surface area contributed by atoms with Gasteiger partial charge in [0.25, 0.3) is 5.69 Å². The van der Waals surface area contributed by atoms with Crippen LogP contribution in [-0.2, 0) is 6.42 Å². The predicted octanol–water partition coefficient (Wildman–Crippen LogP) is 2.86. The summed E-state index contributed by atoms with van der Waals surface area (Å²) in [4.78, 5) is 10.2. The number of hydrogen-bond acceptors (Lipinski definition) is 5. The molecule has 2 aromatic rings. The van der Waals surface area contributed by atoms with Gasteiger partial charge in [-0.05, 0) is 36.6 Å². The van der Waals surface area contributed by atoms with Crippen LogP contribution in [0.25, 0.3) is 0 Å². The predicted molar refractivity (Wildman–Crippen MR) is 92.2 cm³/mol. The van der Waals surface area contributed by atoms with Crippen molar-refractivity contribution in [2.45, 2.75) is 25.5 Å². The maximum Gasteiger partial charge on any atom is 0.269 e.